The molecule has 1 aromatic rings. The summed E-state index contributed by atoms with van der Waals surface area (Å²) in [7, 11) is 34.4. The third kappa shape index (κ3) is 3.94. The van der Waals surface area contributed by atoms with Crippen molar-refractivity contribution in [1.29, 1.82) is 0 Å². The fourth-order valence-corrected chi connectivity index (χ4v) is 2.02. The number of halogens is 1. The lowest BCUT2D eigenvalue weighted by atomic mass is 9.40. The highest BCUT2D eigenvalue weighted by Gasteiger charge is 2.34. The van der Waals surface area contributed by atoms with E-state index >= 15 is 0 Å². The van der Waals surface area contributed by atoms with Gasteiger partial charge in [-0.1, -0.05) is 10.5 Å². The number of amides is 1. The fraction of sp³-hybridized carbons (Fsp3) is 0.300. The molecule has 12 radical (unpaired) electrons. The molecular weight excluding hydrogens is 311 g/mol. The van der Waals surface area contributed by atoms with Crippen molar-refractivity contribution in [3.8, 4) is 5.75 Å². The Hall–Kier alpha value is -0.640. The summed E-state index contributed by atoms with van der Waals surface area (Å²) in [6.45, 7) is 0. The first-order valence-electron chi connectivity index (χ1n) is 5.40. The number of ether oxygens (including phenoxy) is 1. The van der Waals surface area contributed by atoms with Crippen LogP contribution in [0.25, 0.3) is 0 Å². The minimum Gasteiger partial charge on any atom is -0.497 e. The van der Waals surface area contributed by atoms with Gasteiger partial charge in [-0.2, -0.15) is 0 Å². The summed E-state index contributed by atoms with van der Waals surface area (Å²) >= 11 is 3.21. The molecule has 3 nitrogen and oxygen atoms in total. The predicted molar refractivity (Wildman–Crippen MR) is 86.8 cm³/mol. The summed E-state index contributed by atoms with van der Waals surface area (Å²) in [4.78, 5) is 13.1. The topological polar surface area (TPSA) is 29.5 Å². The van der Waals surface area contributed by atoms with Gasteiger partial charge in [0.1, 0.15) is 5.75 Å². The Labute approximate surface area is 135 Å². The highest BCUT2D eigenvalue weighted by atomic mass is 79.9. The van der Waals surface area contributed by atoms with Gasteiger partial charge < -0.3 is 9.64 Å². The molecule has 1 rings (SSSR count). The monoisotopic (exact) mass is 317 g/mol. The number of hydrogen-bond donors (Lipinski definition) is 0. The second-order valence-electron chi connectivity index (χ2n) is 4.26. The lowest BCUT2D eigenvalue weighted by Crippen LogP contribution is -2.65. The summed E-state index contributed by atoms with van der Waals surface area (Å²) in [6.07, 6.45) is 0. The largest absolute Gasteiger partial charge is 0.497 e. The third-order valence-electron chi connectivity index (χ3n) is 2.38. The van der Waals surface area contributed by atoms with Gasteiger partial charge in [-0.15, -0.1) is 0 Å². The van der Waals surface area contributed by atoms with Crippen LogP contribution in [-0.4, -0.2) is 75.5 Å². The molecule has 0 aliphatic rings. The number of carbonyl (C=O) groups excluding carboxylic acids is 1. The standard InChI is InChI=1S/C10H6B6BrNO2/c1-20-5-2-3-7(17)6(4-5)8(19)18(9(11,12)13)10(14,15)16/h2-4H,1H3. The molecule has 0 spiro atoms. The summed E-state index contributed by atoms with van der Waals surface area (Å²) in [5, 5.41) is -4.28. The first-order chi connectivity index (χ1) is 8.98. The van der Waals surface area contributed by atoms with Crippen LogP contribution in [0, 0.1) is 0 Å². The smallest absolute Gasteiger partial charge is 0.251 e. The Morgan fingerprint density at radius 2 is 1.65 bits per heavy atom. The highest BCUT2D eigenvalue weighted by molar-refractivity contribution is 9.10. The molecule has 0 unspecified atom stereocenters. The van der Waals surface area contributed by atoms with Crippen LogP contribution in [-0.2, 0) is 0 Å². The molecule has 0 saturated carbocycles. The van der Waals surface area contributed by atoms with Crippen LogP contribution in [0.1, 0.15) is 10.4 Å². The van der Waals surface area contributed by atoms with Crippen LogP contribution in [0.5, 0.6) is 5.75 Å². The van der Waals surface area contributed by atoms with Crippen LogP contribution in [0.3, 0.4) is 0 Å². The van der Waals surface area contributed by atoms with Gasteiger partial charge in [0, 0.05) is 4.47 Å². The summed E-state index contributed by atoms with van der Waals surface area (Å²) < 4.78 is 5.48. The van der Waals surface area contributed by atoms with Crippen molar-refractivity contribution in [2.45, 2.75) is 10.5 Å². The summed E-state index contributed by atoms with van der Waals surface area (Å²) in [6, 6.07) is 4.68. The number of carbonyl (C=O) groups is 1. The van der Waals surface area contributed by atoms with Crippen LogP contribution in [0.15, 0.2) is 22.7 Å². The van der Waals surface area contributed by atoms with Crippen molar-refractivity contribution in [3.63, 3.8) is 0 Å². The zero-order valence-corrected chi connectivity index (χ0v) is 12.4. The molecule has 0 atom stereocenters. The van der Waals surface area contributed by atoms with E-state index in [1.165, 1.54) is 13.2 Å². The molecule has 0 heterocycles. The van der Waals surface area contributed by atoms with Gasteiger partial charge in [-0.05, 0) is 34.1 Å². The van der Waals surface area contributed by atoms with Crippen molar-refractivity contribution >= 4 is 68.9 Å². The SMILES string of the molecule is [B]C([B])([B])N(C(=O)c1cc(OC)ccc1Br)C([B])([B])[B]. The van der Waals surface area contributed by atoms with E-state index in [-0.39, 0.29) is 5.56 Å². The maximum absolute atomic E-state index is 12.5. The number of hydrogen-bond acceptors (Lipinski definition) is 2. The van der Waals surface area contributed by atoms with Gasteiger partial charge in [0.2, 0.25) is 0 Å². The zero-order chi connectivity index (χ0) is 15.7. The number of benzene rings is 1. The molecule has 0 saturated heterocycles. The van der Waals surface area contributed by atoms with Crippen molar-refractivity contribution in [2.75, 3.05) is 7.11 Å². The van der Waals surface area contributed by atoms with Crippen LogP contribution in [0.2, 0.25) is 0 Å². The number of rotatable bonds is 4. The molecule has 0 fully saturated rings. The van der Waals surface area contributed by atoms with Crippen molar-refractivity contribution in [2.24, 2.45) is 0 Å². The number of nitrogens with zero attached hydrogens (tertiary/aromatic N) is 1. The Balaban J connectivity index is 3.34. The second kappa shape index (κ2) is 6.00. The van der Waals surface area contributed by atoms with Crippen LogP contribution < -0.4 is 4.74 Å². The Morgan fingerprint density at radius 3 is 2.05 bits per heavy atom. The average Bonchev–Trinajstić information content (AvgIpc) is 2.25. The molecule has 0 bridgehead atoms. The molecule has 88 valence electrons. The minimum atomic E-state index is -2.14. The Bertz CT molecular complexity index is 499. The Kier molecular flexibility index (Phi) is 5.23. The minimum absolute atomic E-state index is 0.140. The number of methoxy groups -OCH3 is 1. The van der Waals surface area contributed by atoms with E-state index in [0.717, 1.165) is 0 Å². The van der Waals surface area contributed by atoms with Crippen LogP contribution in [0.4, 0.5) is 0 Å². The van der Waals surface area contributed by atoms with E-state index in [1.54, 1.807) is 12.1 Å². The second-order valence-corrected chi connectivity index (χ2v) is 5.12. The predicted octanol–water partition coefficient (Wildman–Crippen LogP) is -0.867. The van der Waals surface area contributed by atoms with Gasteiger partial charge in [0.05, 0.1) is 59.8 Å². The first-order valence-corrected chi connectivity index (χ1v) is 6.19. The van der Waals surface area contributed by atoms with Crippen molar-refractivity contribution in [3.05, 3.63) is 28.2 Å². The summed E-state index contributed by atoms with van der Waals surface area (Å²) in [5.41, 5.74) is 0.140. The van der Waals surface area contributed by atoms with E-state index in [4.69, 9.17) is 51.8 Å². The molecule has 0 N–H and O–H groups in total. The molecule has 1 aromatic carbocycles. The van der Waals surface area contributed by atoms with Gasteiger partial charge >= 0.3 is 0 Å². The maximum Gasteiger partial charge on any atom is 0.251 e. The Morgan fingerprint density at radius 1 is 1.15 bits per heavy atom. The van der Waals surface area contributed by atoms with Gasteiger partial charge in [-0.3, -0.25) is 4.79 Å². The van der Waals surface area contributed by atoms with E-state index in [1.807, 2.05) is 0 Å². The molecule has 1 amide bonds. The lowest BCUT2D eigenvalue weighted by Gasteiger charge is -2.49. The quantitative estimate of drug-likeness (QED) is 0.676. The normalized spacial score (nSPS) is 11.9. The fourth-order valence-electron chi connectivity index (χ4n) is 1.60. The molecule has 0 aromatic heterocycles. The lowest BCUT2D eigenvalue weighted by molar-refractivity contribution is 0.0742. The summed E-state index contributed by atoms with van der Waals surface area (Å²) in [5.74, 6) is -0.319. The molecule has 0 aliphatic heterocycles. The van der Waals surface area contributed by atoms with Gasteiger partial charge in [-0.25, -0.2) is 0 Å². The third-order valence-corrected chi connectivity index (χ3v) is 3.07. The molecule has 20 heavy (non-hydrogen) atoms. The van der Waals surface area contributed by atoms with E-state index in [9.17, 15) is 4.79 Å². The molecular formula is C10H6B6BrNO2. The zero-order valence-electron chi connectivity index (χ0n) is 10.8. The van der Waals surface area contributed by atoms with Gasteiger partial charge in [0.25, 0.3) is 5.91 Å². The van der Waals surface area contributed by atoms with E-state index in [2.05, 4.69) is 15.9 Å². The van der Waals surface area contributed by atoms with Crippen molar-refractivity contribution < 1.29 is 9.53 Å². The molecule has 10 heteroatoms. The highest BCUT2D eigenvalue weighted by Crippen LogP contribution is 2.26. The average molecular weight is 317 g/mol. The first kappa shape index (κ1) is 17.4. The van der Waals surface area contributed by atoms with E-state index in [0.29, 0.717) is 15.1 Å². The van der Waals surface area contributed by atoms with E-state index < -0.39 is 16.4 Å². The molecule has 0 aliphatic carbocycles. The van der Waals surface area contributed by atoms with Crippen molar-refractivity contribution in [1.82, 2.24) is 4.90 Å². The maximum atomic E-state index is 12.5. The van der Waals surface area contributed by atoms with Crippen LogP contribution >= 0.6 is 15.9 Å². The van der Waals surface area contributed by atoms with Gasteiger partial charge in [0.15, 0.2) is 0 Å².